The largest absolute Gasteiger partial charge is 0.338 e. The third-order valence-corrected chi connectivity index (χ3v) is 7.32. The Labute approximate surface area is 117 Å². The molecule has 0 aliphatic carbocycles. The molecule has 19 heavy (non-hydrogen) atoms. The summed E-state index contributed by atoms with van der Waals surface area (Å²) in [6.45, 7) is 11.8. The van der Waals surface area contributed by atoms with Crippen molar-refractivity contribution in [3.05, 3.63) is 0 Å². The Morgan fingerprint density at radius 2 is 1.37 bits per heavy atom. The molecule has 0 rings (SSSR count). The minimum atomic E-state index is -2.63. The van der Waals surface area contributed by atoms with Crippen LogP contribution in [0.5, 0.6) is 0 Å². The molecule has 1 unspecified atom stereocenters. The lowest BCUT2D eigenvalue weighted by atomic mass is 10.5. The van der Waals surface area contributed by atoms with Crippen LogP contribution in [-0.4, -0.2) is 40.1 Å². The van der Waals surface area contributed by atoms with Gasteiger partial charge in [-0.25, -0.2) is 4.74 Å². The van der Waals surface area contributed by atoms with Crippen molar-refractivity contribution in [2.75, 3.05) is 40.1 Å². The second kappa shape index (κ2) is 10.1. The molecule has 116 valence electrons. The van der Waals surface area contributed by atoms with Crippen LogP contribution in [0.25, 0.3) is 0 Å². The summed E-state index contributed by atoms with van der Waals surface area (Å²) in [6, 6.07) is 0. The summed E-state index contributed by atoms with van der Waals surface area (Å²) in [5, 5.41) is 0. The van der Waals surface area contributed by atoms with E-state index in [0.717, 1.165) is 6.42 Å². The van der Waals surface area contributed by atoms with Crippen molar-refractivity contribution < 1.29 is 18.1 Å². The number of hydrogen-bond donors (Lipinski definition) is 0. The summed E-state index contributed by atoms with van der Waals surface area (Å²) in [5.74, 6) is 0. The van der Waals surface area contributed by atoms with Gasteiger partial charge in [-0.2, -0.15) is 4.52 Å². The van der Waals surface area contributed by atoms with Crippen molar-refractivity contribution in [2.24, 2.45) is 9.26 Å². The fraction of sp³-hybridized carbons (Fsp3) is 1.00. The molecule has 6 nitrogen and oxygen atoms in total. The van der Waals surface area contributed by atoms with Crippen LogP contribution in [0.1, 0.15) is 34.1 Å². The van der Waals surface area contributed by atoms with Gasteiger partial charge in [-0.15, -0.1) is 0 Å². The van der Waals surface area contributed by atoms with Crippen molar-refractivity contribution in [1.29, 1.82) is 0 Å². The summed E-state index contributed by atoms with van der Waals surface area (Å²) in [7, 11) is -3.30. The molecule has 0 aliphatic heterocycles. The molecule has 0 saturated carbocycles. The first kappa shape index (κ1) is 19.3. The third kappa shape index (κ3) is 7.03. The maximum absolute atomic E-state index is 5.78. The smallest absolute Gasteiger partial charge is 0.324 e. The SMILES string of the molecule is CCCOP(N=P(C)(OCC)OCC)(=NC)OCC. The van der Waals surface area contributed by atoms with Crippen LogP contribution >= 0.6 is 15.2 Å². The summed E-state index contributed by atoms with van der Waals surface area (Å²) in [6.07, 6.45) is 0.887. The average molecular weight is 314 g/mol. The quantitative estimate of drug-likeness (QED) is 0.545. The Balaban J connectivity index is 5.43. The highest BCUT2D eigenvalue weighted by atomic mass is 31.2. The first-order chi connectivity index (χ1) is 9.01. The molecule has 0 bridgehead atoms. The standard InChI is InChI=1S/C11H28N2O4P2/c1-7-11-17-19(12-5,16-10-4)13-18(6,14-8-2)15-9-3/h7-11H2,1-6H3. The topological polar surface area (TPSA) is 61.6 Å². The predicted octanol–water partition coefficient (Wildman–Crippen LogP) is 4.76. The number of rotatable bonds is 10. The van der Waals surface area contributed by atoms with Crippen LogP contribution in [0.2, 0.25) is 0 Å². The van der Waals surface area contributed by atoms with Gasteiger partial charge in [0.05, 0.1) is 26.4 Å². The van der Waals surface area contributed by atoms with E-state index in [-0.39, 0.29) is 0 Å². The van der Waals surface area contributed by atoms with E-state index in [1.807, 2.05) is 34.4 Å². The van der Waals surface area contributed by atoms with E-state index in [0.29, 0.717) is 26.4 Å². The fourth-order valence-electron chi connectivity index (χ4n) is 1.40. The predicted molar refractivity (Wildman–Crippen MR) is 81.7 cm³/mol. The maximum Gasteiger partial charge on any atom is 0.338 e. The van der Waals surface area contributed by atoms with Gasteiger partial charge in [0.2, 0.25) is 7.51 Å². The molecule has 1 atom stereocenters. The Hall–Kier alpha value is 0.300. The Morgan fingerprint density at radius 3 is 1.74 bits per heavy atom. The molecule has 0 amide bonds. The average Bonchev–Trinajstić information content (AvgIpc) is 2.36. The van der Waals surface area contributed by atoms with Gasteiger partial charge < -0.3 is 18.1 Å². The van der Waals surface area contributed by atoms with Gasteiger partial charge in [0.1, 0.15) is 0 Å². The summed E-state index contributed by atoms with van der Waals surface area (Å²) >= 11 is 0. The summed E-state index contributed by atoms with van der Waals surface area (Å²) in [4.78, 5) is 0. The fourth-order valence-corrected chi connectivity index (χ4v) is 6.28. The third-order valence-electron chi connectivity index (χ3n) is 2.03. The highest BCUT2D eigenvalue weighted by molar-refractivity contribution is 7.67. The van der Waals surface area contributed by atoms with Gasteiger partial charge in [0.25, 0.3) is 0 Å². The molecule has 8 heteroatoms. The van der Waals surface area contributed by atoms with Crippen molar-refractivity contribution in [3.63, 3.8) is 0 Å². The van der Waals surface area contributed by atoms with E-state index in [1.165, 1.54) is 0 Å². The Bertz CT molecular complexity index is 338. The van der Waals surface area contributed by atoms with Crippen LogP contribution < -0.4 is 0 Å². The van der Waals surface area contributed by atoms with E-state index in [1.54, 1.807) is 7.05 Å². The number of nitrogens with zero attached hydrogens (tertiary/aromatic N) is 2. The highest BCUT2D eigenvalue weighted by Gasteiger charge is 2.26. The van der Waals surface area contributed by atoms with Crippen LogP contribution in [-0.2, 0) is 18.1 Å². The van der Waals surface area contributed by atoms with Gasteiger partial charge >= 0.3 is 7.66 Å². The minimum Gasteiger partial charge on any atom is -0.324 e. The van der Waals surface area contributed by atoms with E-state index >= 15 is 0 Å². The Kier molecular flexibility index (Phi) is 10.2. The molecular weight excluding hydrogens is 286 g/mol. The van der Waals surface area contributed by atoms with Crippen molar-refractivity contribution >= 4 is 15.2 Å². The van der Waals surface area contributed by atoms with Gasteiger partial charge in [-0.05, 0) is 27.2 Å². The van der Waals surface area contributed by atoms with Gasteiger partial charge in [0.15, 0.2) is 0 Å². The second-order valence-corrected chi connectivity index (χ2v) is 8.41. The van der Waals surface area contributed by atoms with Crippen LogP contribution in [0.15, 0.2) is 9.26 Å². The van der Waals surface area contributed by atoms with Crippen LogP contribution in [0, 0.1) is 0 Å². The molecule has 0 fully saturated rings. The van der Waals surface area contributed by atoms with E-state index in [2.05, 4.69) is 9.26 Å². The summed E-state index contributed by atoms with van der Waals surface area (Å²) in [5.41, 5.74) is 0. The van der Waals surface area contributed by atoms with Crippen molar-refractivity contribution in [1.82, 2.24) is 0 Å². The molecule has 0 aromatic carbocycles. The zero-order chi connectivity index (χ0) is 14.8. The normalized spacial score (nSPS) is 15.1. The zero-order valence-electron chi connectivity index (χ0n) is 13.0. The molecular formula is C11H28N2O4P2. The minimum absolute atomic E-state index is 0.497. The Morgan fingerprint density at radius 1 is 0.842 bits per heavy atom. The molecule has 0 spiro atoms. The van der Waals surface area contributed by atoms with Gasteiger partial charge in [-0.1, -0.05) is 6.92 Å². The maximum atomic E-state index is 5.78. The molecule has 0 saturated heterocycles. The molecule has 0 aliphatic rings. The van der Waals surface area contributed by atoms with Crippen molar-refractivity contribution in [3.8, 4) is 0 Å². The first-order valence-electron chi connectivity index (χ1n) is 6.71. The molecule has 0 aromatic rings. The molecule has 0 aromatic heterocycles. The lowest BCUT2D eigenvalue weighted by Crippen LogP contribution is -1.99. The van der Waals surface area contributed by atoms with E-state index < -0.39 is 15.2 Å². The van der Waals surface area contributed by atoms with Crippen LogP contribution in [0.4, 0.5) is 0 Å². The zero-order valence-corrected chi connectivity index (χ0v) is 14.7. The number of hydrogen-bond acceptors (Lipinski definition) is 5. The molecule has 0 radical (unpaired) electrons. The highest BCUT2D eigenvalue weighted by Crippen LogP contribution is 2.64. The van der Waals surface area contributed by atoms with E-state index in [4.69, 9.17) is 18.1 Å². The van der Waals surface area contributed by atoms with Gasteiger partial charge in [-0.3, -0.25) is 0 Å². The lowest BCUT2D eigenvalue weighted by molar-refractivity contribution is 0.242. The van der Waals surface area contributed by atoms with Crippen LogP contribution in [0.3, 0.4) is 0 Å². The van der Waals surface area contributed by atoms with Crippen molar-refractivity contribution in [2.45, 2.75) is 34.1 Å². The molecule has 0 N–H and O–H groups in total. The monoisotopic (exact) mass is 314 g/mol. The first-order valence-corrected chi connectivity index (χ1v) is 10.3. The van der Waals surface area contributed by atoms with Gasteiger partial charge in [0, 0.05) is 13.7 Å². The van der Waals surface area contributed by atoms with E-state index in [9.17, 15) is 0 Å². The second-order valence-electron chi connectivity index (χ2n) is 3.67. The molecule has 0 heterocycles. The lowest BCUT2D eigenvalue weighted by Gasteiger charge is -2.25. The summed E-state index contributed by atoms with van der Waals surface area (Å²) < 4.78 is 31.7.